The molecule has 0 heterocycles. The minimum atomic E-state index is 0.115. The van der Waals surface area contributed by atoms with E-state index in [9.17, 15) is 0 Å². The van der Waals surface area contributed by atoms with Gasteiger partial charge in [-0.25, -0.2) is 0 Å². The summed E-state index contributed by atoms with van der Waals surface area (Å²) in [6, 6.07) is 37.1. The van der Waals surface area contributed by atoms with E-state index in [1.165, 1.54) is 76.4 Å². The van der Waals surface area contributed by atoms with Crippen LogP contribution in [0.4, 0.5) is 22.7 Å². The Morgan fingerprint density at radius 1 is 0.542 bits per heavy atom. The number of hydrogen-bond donors (Lipinski definition) is 0. The highest BCUT2D eigenvalue weighted by atomic mass is 15.2. The molecule has 0 amide bonds. The molecule has 1 aliphatic carbocycles. The second-order valence-corrected chi connectivity index (χ2v) is 15.6. The minimum absolute atomic E-state index is 0.115. The van der Waals surface area contributed by atoms with E-state index in [1.54, 1.807) is 0 Å². The van der Waals surface area contributed by atoms with Crippen molar-refractivity contribution in [3.05, 3.63) is 143 Å². The second-order valence-electron chi connectivity index (χ2n) is 15.6. The van der Waals surface area contributed by atoms with Crippen molar-refractivity contribution >= 4 is 22.7 Å². The van der Waals surface area contributed by atoms with Crippen molar-refractivity contribution in [1.82, 2.24) is 0 Å². The molecule has 0 fully saturated rings. The van der Waals surface area contributed by atoms with Gasteiger partial charge in [-0.05, 0) is 120 Å². The molecule has 0 radical (unpaired) electrons. The fourth-order valence-electron chi connectivity index (χ4n) is 6.56. The lowest BCUT2D eigenvalue weighted by molar-refractivity contribution is 0.590. The van der Waals surface area contributed by atoms with E-state index in [-0.39, 0.29) is 16.9 Å². The van der Waals surface area contributed by atoms with Gasteiger partial charge in [0.2, 0.25) is 0 Å². The SMILES string of the molecule is CCCCc1ccc(N(C2=CCC(N(c3ccc(CCCC)cc3)c3ccc(C(C)(C)C)cc3)C=C2)c2ccc(C(C)(C)C)cc2)cc1. The van der Waals surface area contributed by atoms with E-state index in [0.717, 1.165) is 19.3 Å². The predicted octanol–water partition coefficient (Wildman–Crippen LogP) is 13.2. The number of nitrogens with zero attached hydrogens (tertiary/aromatic N) is 2. The summed E-state index contributed by atoms with van der Waals surface area (Å²) in [6.45, 7) is 18.2. The highest BCUT2D eigenvalue weighted by molar-refractivity contribution is 5.72. The van der Waals surface area contributed by atoms with Crippen LogP contribution in [0.5, 0.6) is 0 Å². The molecule has 0 aromatic heterocycles. The molecule has 252 valence electrons. The van der Waals surface area contributed by atoms with Gasteiger partial charge in [-0.1, -0.05) is 129 Å². The third-order valence-corrected chi connectivity index (χ3v) is 9.70. The summed E-state index contributed by atoms with van der Waals surface area (Å²) in [6.07, 6.45) is 15.2. The van der Waals surface area contributed by atoms with Crippen LogP contribution >= 0.6 is 0 Å². The summed E-state index contributed by atoms with van der Waals surface area (Å²) in [7, 11) is 0. The number of unbranched alkanes of at least 4 members (excludes halogenated alkanes) is 2. The van der Waals surface area contributed by atoms with Crippen LogP contribution in [-0.2, 0) is 23.7 Å². The average Bonchev–Trinajstić information content (AvgIpc) is 3.08. The topological polar surface area (TPSA) is 6.48 Å². The lowest BCUT2D eigenvalue weighted by Crippen LogP contribution is -2.31. The van der Waals surface area contributed by atoms with Crippen LogP contribution in [0.3, 0.4) is 0 Å². The Hall–Kier alpha value is -4.04. The van der Waals surface area contributed by atoms with Crippen LogP contribution in [0.25, 0.3) is 0 Å². The molecule has 2 nitrogen and oxygen atoms in total. The number of benzene rings is 4. The molecule has 4 aromatic rings. The zero-order valence-electron chi connectivity index (χ0n) is 30.9. The highest BCUT2D eigenvalue weighted by Gasteiger charge is 2.24. The second kappa shape index (κ2) is 15.5. The maximum Gasteiger partial charge on any atom is 0.0561 e. The van der Waals surface area contributed by atoms with Crippen LogP contribution in [-0.4, -0.2) is 6.04 Å². The van der Waals surface area contributed by atoms with Crippen molar-refractivity contribution in [1.29, 1.82) is 0 Å². The number of hydrogen-bond acceptors (Lipinski definition) is 2. The van der Waals surface area contributed by atoms with Crippen molar-refractivity contribution in [2.45, 2.75) is 117 Å². The average molecular weight is 639 g/mol. The first-order chi connectivity index (χ1) is 23.0. The first-order valence-electron chi connectivity index (χ1n) is 18.3. The standard InChI is InChI=1S/C46H58N2/c1-9-11-13-35-15-23-39(24-16-35)47(41-27-19-37(20-28-41)45(3,4)5)43-31-33-44(34-32-43)48(40-25-17-36(18-26-40)14-12-10-2)42-29-21-38(22-30-42)46(6,7)8/h15-33,44H,9-14,34H2,1-8H3. The molecule has 0 aliphatic heterocycles. The normalized spacial score (nSPS) is 14.9. The number of allylic oxidation sites excluding steroid dienone is 1. The van der Waals surface area contributed by atoms with Crippen molar-refractivity contribution in [2.75, 3.05) is 9.80 Å². The zero-order chi connectivity index (χ0) is 34.3. The lowest BCUT2D eigenvalue weighted by atomic mass is 9.87. The summed E-state index contributed by atoms with van der Waals surface area (Å²) >= 11 is 0. The summed E-state index contributed by atoms with van der Waals surface area (Å²) < 4.78 is 0. The molecule has 0 spiro atoms. The van der Waals surface area contributed by atoms with Gasteiger partial charge in [0.05, 0.1) is 6.04 Å². The summed E-state index contributed by atoms with van der Waals surface area (Å²) in [4.78, 5) is 4.94. The summed E-state index contributed by atoms with van der Waals surface area (Å²) in [5.74, 6) is 0. The first kappa shape index (κ1) is 35.3. The highest BCUT2D eigenvalue weighted by Crippen LogP contribution is 2.37. The van der Waals surface area contributed by atoms with Crippen LogP contribution in [0.1, 0.15) is 110 Å². The van der Waals surface area contributed by atoms with Gasteiger partial charge in [-0.3, -0.25) is 0 Å². The third kappa shape index (κ3) is 8.70. The Balaban J connectivity index is 1.48. The molecule has 48 heavy (non-hydrogen) atoms. The van der Waals surface area contributed by atoms with E-state index in [4.69, 9.17) is 0 Å². The smallest absolute Gasteiger partial charge is 0.0561 e. The number of rotatable bonds is 12. The number of anilines is 4. The Morgan fingerprint density at radius 3 is 1.31 bits per heavy atom. The van der Waals surface area contributed by atoms with Crippen LogP contribution in [0.15, 0.2) is 121 Å². The van der Waals surface area contributed by atoms with E-state index in [0.29, 0.717) is 0 Å². The molecule has 0 N–H and O–H groups in total. The van der Waals surface area contributed by atoms with Gasteiger partial charge in [0.1, 0.15) is 0 Å². The van der Waals surface area contributed by atoms with Crippen LogP contribution < -0.4 is 9.80 Å². The fraction of sp³-hybridized carbons (Fsp3) is 0.391. The molecule has 2 heteroatoms. The van der Waals surface area contributed by atoms with Gasteiger partial charge < -0.3 is 9.80 Å². The van der Waals surface area contributed by atoms with Gasteiger partial charge in [0, 0.05) is 28.4 Å². The van der Waals surface area contributed by atoms with Crippen molar-refractivity contribution < 1.29 is 0 Å². The molecule has 0 saturated heterocycles. The van der Waals surface area contributed by atoms with Gasteiger partial charge >= 0.3 is 0 Å². The Morgan fingerprint density at radius 2 is 0.938 bits per heavy atom. The Kier molecular flexibility index (Phi) is 11.4. The van der Waals surface area contributed by atoms with Crippen molar-refractivity contribution in [2.24, 2.45) is 0 Å². The Bertz CT molecular complexity index is 1640. The van der Waals surface area contributed by atoms with Crippen LogP contribution in [0.2, 0.25) is 0 Å². The minimum Gasteiger partial charge on any atom is -0.334 e. The maximum atomic E-state index is 2.52. The van der Waals surface area contributed by atoms with E-state index < -0.39 is 0 Å². The molecular weight excluding hydrogens is 581 g/mol. The van der Waals surface area contributed by atoms with E-state index in [2.05, 4.69) is 180 Å². The fourth-order valence-corrected chi connectivity index (χ4v) is 6.56. The molecule has 0 saturated carbocycles. The summed E-state index contributed by atoms with van der Waals surface area (Å²) in [5, 5.41) is 0. The molecule has 4 aromatic carbocycles. The largest absolute Gasteiger partial charge is 0.334 e. The van der Waals surface area contributed by atoms with Gasteiger partial charge in [0.15, 0.2) is 0 Å². The van der Waals surface area contributed by atoms with Crippen molar-refractivity contribution in [3.63, 3.8) is 0 Å². The predicted molar refractivity (Wildman–Crippen MR) is 210 cm³/mol. The monoisotopic (exact) mass is 638 g/mol. The lowest BCUT2D eigenvalue weighted by Gasteiger charge is -2.35. The molecule has 0 bridgehead atoms. The Labute approximate surface area is 292 Å². The van der Waals surface area contributed by atoms with Crippen LogP contribution in [0, 0.1) is 0 Å². The first-order valence-corrected chi connectivity index (χ1v) is 18.3. The zero-order valence-corrected chi connectivity index (χ0v) is 30.9. The maximum absolute atomic E-state index is 2.52. The molecule has 5 rings (SSSR count). The van der Waals surface area contributed by atoms with E-state index >= 15 is 0 Å². The summed E-state index contributed by atoms with van der Waals surface area (Å²) in [5.41, 5.74) is 11.8. The van der Waals surface area contributed by atoms with Gasteiger partial charge in [-0.2, -0.15) is 0 Å². The number of aryl methyl sites for hydroxylation is 2. The molecule has 1 aliphatic rings. The third-order valence-electron chi connectivity index (χ3n) is 9.70. The van der Waals surface area contributed by atoms with Gasteiger partial charge in [-0.15, -0.1) is 0 Å². The molecule has 1 unspecified atom stereocenters. The molecular formula is C46H58N2. The molecule has 1 atom stereocenters. The van der Waals surface area contributed by atoms with Gasteiger partial charge in [0.25, 0.3) is 0 Å². The van der Waals surface area contributed by atoms with E-state index in [1.807, 2.05) is 0 Å². The van der Waals surface area contributed by atoms with Crippen molar-refractivity contribution in [3.8, 4) is 0 Å². The quantitative estimate of drug-likeness (QED) is 0.152.